The summed E-state index contributed by atoms with van der Waals surface area (Å²) >= 11 is 0. The molecule has 0 spiro atoms. The van der Waals surface area contributed by atoms with Crippen LogP contribution in [0.3, 0.4) is 0 Å². The SMILES string of the molecule is COc1cc(C(=O)Nc2ccc(NC(C)c3ccccc3)cc2)ccc1OCc1c(C)noc1C. The molecule has 3 aromatic carbocycles. The molecule has 35 heavy (non-hydrogen) atoms. The average Bonchev–Trinajstić information content (AvgIpc) is 3.21. The minimum atomic E-state index is -0.237. The van der Waals surface area contributed by atoms with Crippen LogP contribution >= 0.6 is 0 Å². The lowest BCUT2D eigenvalue weighted by Gasteiger charge is -2.16. The lowest BCUT2D eigenvalue weighted by Crippen LogP contribution is -2.12. The summed E-state index contributed by atoms with van der Waals surface area (Å²) in [4.78, 5) is 12.8. The number of nitrogens with one attached hydrogen (secondary N) is 2. The molecule has 1 unspecified atom stereocenters. The number of nitrogens with zero attached hydrogens (tertiary/aromatic N) is 1. The normalized spacial score (nSPS) is 11.5. The Hall–Kier alpha value is -4.26. The number of anilines is 2. The first kappa shape index (κ1) is 23.9. The molecule has 0 fully saturated rings. The van der Waals surface area contributed by atoms with Crippen molar-refractivity contribution in [3.8, 4) is 11.5 Å². The van der Waals surface area contributed by atoms with Crippen molar-refractivity contribution < 1.29 is 18.8 Å². The van der Waals surface area contributed by atoms with Crippen molar-refractivity contribution in [2.75, 3.05) is 17.7 Å². The monoisotopic (exact) mass is 471 g/mol. The zero-order valence-electron chi connectivity index (χ0n) is 20.3. The number of amides is 1. The third-order valence-electron chi connectivity index (χ3n) is 5.80. The first-order valence-corrected chi connectivity index (χ1v) is 11.4. The standard InChI is InChI=1S/C28H29N3O4/c1-18(21-8-6-5-7-9-21)29-23-11-13-24(14-12-23)30-28(32)22-10-15-26(27(16-22)33-4)34-17-25-19(2)31-35-20(25)3/h5-16,18,29H,17H2,1-4H3,(H,30,32). The van der Waals surface area contributed by atoms with Crippen LogP contribution in [0.25, 0.3) is 0 Å². The van der Waals surface area contributed by atoms with E-state index in [2.05, 4.69) is 34.8 Å². The van der Waals surface area contributed by atoms with Crippen LogP contribution in [0.4, 0.5) is 11.4 Å². The van der Waals surface area contributed by atoms with Crippen molar-refractivity contribution >= 4 is 17.3 Å². The van der Waals surface area contributed by atoms with E-state index >= 15 is 0 Å². The number of hydrogen-bond donors (Lipinski definition) is 2. The Morgan fingerprint density at radius 3 is 2.34 bits per heavy atom. The zero-order chi connectivity index (χ0) is 24.8. The number of aromatic nitrogens is 1. The quantitative estimate of drug-likeness (QED) is 0.298. The molecule has 7 nitrogen and oxygen atoms in total. The van der Waals surface area contributed by atoms with Crippen molar-refractivity contribution in [3.05, 3.63) is 101 Å². The van der Waals surface area contributed by atoms with Gasteiger partial charge in [0.25, 0.3) is 5.91 Å². The van der Waals surface area contributed by atoms with Gasteiger partial charge >= 0.3 is 0 Å². The second kappa shape index (κ2) is 10.8. The Bertz CT molecular complexity index is 1260. The molecule has 0 saturated heterocycles. The van der Waals surface area contributed by atoms with Crippen molar-refractivity contribution in [1.82, 2.24) is 5.16 Å². The van der Waals surface area contributed by atoms with Gasteiger partial charge in [-0.05, 0) is 68.8 Å². The lowest BCUT2D eigenvalue weighted by molar-refractivity contribution is 0.102. The van der Waals surface area contributed by atoms with Crippen LogP contribution in [0.15, 0.2) is 77.3 Å². The highest BCUT2D eigenvalue weighted by atomic mass is 16.5. The van der Waals surface area contributed by atoms with E-state index in [1.165, 1.54) is 5.56 Å². The summed E-state index contributed by atoms with van der Waals surface area (Å²) in [5.41, 5.74) is 5.02. The molecule has 1 heterocycles. The van der Waals surface area contributed by atoms with Gasteiger partial charge in [-0.1, -0.05) is 35.5 Å². The van der Waals surface area contributed by atoms with Crippen LogP contribution in [0, 0.1) is 13.8 Å². The number of aryl methyl sites for hydroxylation is 2. The van der Waals surface area contributed by atoms with Gasteiger partial charge < -0.3 is 24.6 Å². The van der Waals surface area contributed by atoms with E-state index in [1.54, 1.807) is 25.3 Å². The van der Waals surface area contributed by atoms with Crippen molar-refractivity contribution in [1.29, 1.82) is 0 Å². The number of carbonyl (C=O) groups is 1. The zero-order valence-corrected chi connectivity index (χ0v) is 20.3. The van der Waals surface area contributed by atoms with Gasteiger partial charge in [0.05, 0.1) is 18.4 Å². The van der Waals surface area contributed by atoms with Gasteiger partial charge in [-0.15, -0.1) is 0 Å². The van der Waals surface area contributed by atoms with Gasteiger partial charge in [-0.25, -0.2) is 0 Å². The lowest BCUT2D eigenvalue weighted by atomic mass is 10.1. The molecular formula is C28H29N3O4. The maximum Gasteiger partial charge on any atom is 0.255 e. The van der Waals surface area contributed by atoms with Crippen LogP contribution in [-0.4, -0.2) is 18.2 Å². The molecule has 0 aliphatic rings. The fraction of sp³-hybridized carbons (Fsp3) is 0.214. The maximum atomic E-state index is 12.8. The van der Waals surface area contributed by atoms with E-state index in [0.29, 0.717) is 35.1 Å². The van der Waals surface area contributed by atoms with Crippen molar-refractivity contribution in [3.63, 3.8) is 0 Å². The Morgan fingerprint density at radius 1 is 0.971 bits per heavy atom. The van der Waals surface area contributed by atoms with Crippen LogP contribution in [0.2, 0.25) is 0 Å². The highest BCUT2D eigenvalue weighted by Gasteiger charge is 2.14. The highest BCUT2D eigenvalue weighted by molar-refractivity contribution is 6.04. The number of ether oxygens (including phenoxy) is 2. The average molecular weight is 472 g/mol. The number of carbonyl (C=O) groups excluding carboxylic acids is 1. The second-order valence-electron chi connectivity index (χ2n) is 8.27. The molecule has 1 atom stereocenters. The minimum Gasteiger partial charge on any atom is -0.493 e. The number of benzene rings is 3. The molecule has 1 amide bonds. The molecule has 4 aromatic rings. The third kappa shape index (κ3) is 5.81. The molecule has 7 heteroatoms. The number of methoxy groups -OCH3 is 1. The summed E-state index contributed by atoms with van der Waals surface area (Å²) in [6, 6.07) is 23.1. The van der Waals surface area contributed by atoms with Crippen molar-refractivity contribution in [2.45, 2.75) is 33.4 Å². The van der Waals surface area contributed by atoms with E-state index in [9.17, 15) is 4.79 Å². The third-order valence-corrected chi connectivity index (χ3v) is 5.80. The van der Waals surface area contributed by atoms with Gasteiger partial charge in [-0.2, -0.15) is 0 Å². The summed E-state index contributed by atoms with van der Waals surface area (Å²) in [5.74, 6) is 1.48. The van der Waals surface area contributed by atoms with Gasteiger partial charge in [0.15, 0.2) is 11.5 Å². The molecule has 0 radical (unpaired) electrons. The summed E-state index contributed by atoms with van der Waals surface area (Å²) < 4.78 is 16.5. The van der Waals surface area contributed by atoms with Crippen LogP contribution in [0.5, 0.6) is 11.5 Å². The molecular weight excluding hydrogens is 442 g/mol. The molecule has 0 aliphatic carbocycles. The van der Waals surface area contributed by atoms with Gasteiger partial charge in [0.2, 0.25) is 0 Å². The molecule has 4 rings (SSSR count). The number of rotatable bonds is 9. The van der Waals surface area contributed by atoms with Crippen LogP contribution < -0.4 is 20.1 Å². The highest BCUT2D eigenvalue weighted by Crippen LogP contribution is 2.30. The van der Waals surface area contributed by atoms with E-state index in [1.807, 2.05) is 56.3 Å². The summed E-state index contributed by atoms with van der Waals surface area (Å²) in [7, 11) is 1.54. The fourth-order valence-corrected chi connectivity index (χ4v) is 3.71. The van der Waals surface area contributed by atoms with E-state index in [0.717, 1.165) is 16.9 Å². The van der Waals surface area contributed by atoms with E-state index in [4.69, 9.17) is 14.0 Å². The van der Waals surface area contributed by atoms with E-state index in [-0.39, 0.29) is 11.9 Å². The van der Waals surface area contributed by atoms with Gasteiger partial charge in [-0.3, -0.25) is 4.79 Å². The van der Waals surface area contributed by atoms with Crippen LogP contribution in [-0.2, 0) is 6.61 Å². The maximum absolute atomic E-state index is 12.8. The first-order valence-electron chi connectivity index (χ1n) is 11.4. The Labute approximate surface area is 205 Å². The topological polar surface area (TPSA) is 85.6 Å². The first-order chi connectivity index (χ1) is 16.9. The Morgan fingerprint density at radius 2 is 1.69 bits per heavy atom. The molecule has 0 aliphatic heterocycles. The van der Waals surface area contributed by atoms with Gasteiger partial charge in [0, 0.05) is 23.0 Å². The minimum absolute atomic E-state index is 0.169. The second-order valence-corrected chi connectivity index (χ2v) is 8.27. The van der Waals surface area contributed by atoms with Crippen LogP contribution in [0.1, 0.15) is 45.9 Å². The van der Waals surface area contributed by atoms with Gasteiger partial charge in [0.1, 0.15) is 12.4 Å². The number of hydrogen-bond acceptors (Lipinski definition) is 6. The summed E-state index contributed by atoms with van der Waals surface area (Å²) in [6.45, 7) is 6.12. The van der Waals surface area contributed by atoms with E-state index < -0.39 is 0 Å². The predicted octanol–water partition coefficient (Wildman–Crippen LogP) is 6.30. The summed E-state index contributed by atoms with van der Waals surface area (Å²) in [5, 5.41) is 10.3. The molecule has 1 aromatic heterocycles. The summed E-state index contributed by atoms with van der Waals surface area (Å²) in [6.07, 6.45) is 0. The molecule has 0 saturated carbocycles. The smallest absolute Gasteiger partial charge is 0.255 e. The predicted molar refractivity (Wildman–Crippen MR) is 136 cm³/mol. The molecule has 0 bridgehead atoms. The van der Waals surface area contributed by atoms with Crippen molar-refractivity contribution in [2.24, 2.45) is 0 Å². The fourth-order valence-electron chi connectivity index (χ4n) is 3.71. The molecule has 180 valence electrons. The largest absolute Gasteiger partial charge is 0.493 e. The Balaban J connectivity index is 1.38. The molecule has 2 N–H and O–H groups in total. The Kier molecular flexibility index (Phi) is 7.35.